The number of hydrogen-bond acceptors (Lipinski definition) is 3. The van der Waals surface area contributed by atoms with Crippen LogP contribution >= 0.6 is 0 Å². The number of rotatable bonds is 5. The van der Waals surface area contributed by atoms with E-state index in [1.807, 2.05) is 20.8 Å². The van der Waals surface area contributed by atoms with Crippen molar-refractivity contribution in [3.05, 3.63) is 35.4 Å². The minimum Gasteiger partial charge on any atom is -0.479 e. The lowest BCUT2D eigenvalue weighted by atomic mass is 9.92. The molecule has 0 saturated carbocycles. The van der Waals surface area contributed by atoms with Crippen LogP contribution in [0.15, 0.2) is 24.3 Å². The second-order valence-corrected chi connectivity index (χ2v) is 5.81. The summed E-state index contributed by atoms with van der Waals surface area (Å²) in [6, 6.07) is 7.03. The molecule has 0 aliphatic rings. The largest absolute Gasteiger partial charge is 0.479 e. The standard InChI is InChI=1S/C15H20O5.C2H6/c1-10-5-7-11(8-6-10)9-15(12(16)17,13(18)19)20-14(2,3)4;1-2/h5-8H,9H2,1-4H3,(H,16,17)(H,18,19);1-2H3. The molecule has 0 spiro atoms. The zero-order valence-electron chi connectivity index (χ0n) is 14.1. The Morgan fingerprint density at radius 2 is 1.41 bits per heavy atom. The first kappa shape index (κ1) is 20.1. The van der Waals surface area contributed by atoms with Crippen molar-refractivity contribution in [3.63, 3.8) is 0 Å². The third kappa shape index (κ3) is 5.48. The van der Waals surface area contributed by atoms with Gasteiger partial charge < -0.3 is 14.9 Å². The number of carbonyl (C=O) groups is 2. The summed E-state index contributed by atoms with van der Waals surface area (Å²) in [5, 5.41) is 18.7. The summed E-state index contributed by atoms with van der Waals surface area (Å²) < 4.78 is 5.38. The van der Waals surface area contributed by atoms with Crippen LogP contribution < -0.4 is 0 Å². The zero-order valence-corrected chi connectivity index (χ0v) is 14.1. The third-order valence-corrected chi connectivity index (χ3v) is 2.75. The Balaban J connectivity index is 0.00000211. The maximum absolute atomic E-state index is 11.5. The summed E-state index contributed by atoms with van der Waals surface area (Å²) in [6.45, 7) is 10.8. The molecule has 5 nitrogen and oxygen atoms in total. The van der Waals surface area contributed by atoms with Crippen molar-refractivity contribution in [2.24, 2.45) is 0 Å². The van der Waals surface area contributed by atoms with Crippen LogP contribution in [0.2, 0.25) is 0 Å². The van der Waals surface area contributed by atoms with Crippen molar-refractivity contribution < 1.29 is 24.5 Å². The monoisotopic (exact) mass is 310 g/mol. The molecule has 22 heavy (non-hydrogen) atoms. The van der Waals surface area contributed by atoms with E-state index in [4.69, 9.17) is 4.74 Å². The molecule has 0 aliphatic carbocycles. The molecule has 0 saturated heterocycles. The highest BCUT2D eigenvalue weighted by Crippen LogP contribution is 2.26. The Hall–Kier alpha value is -1.88. The summed E-state index contributed by atoms with van der Waals surface area (Å²) in [5.74, 6) is -3.00. The molecule has 0 unspecified atom stereocenters. The van der Waals surface area contributed by atoms with Crippen LogP contribution in [0.1, 0.15) is 45.7 Å². The first-order valence-electron chi connectivity index (χ1n) is 7.29. The van der Waals surface area contributed by atoms with Gasteiger partial charge in [-0.2, -0.15) is 0 Å². The summed E-state index contributed by atoms with van der Waals surface area (Å²) in [6.07, 6.45) is -0.227. The number of hydrogen-bond donors (Lipinski definition) is 2. The van der Waals surface area contributed by atoms with Crippen LogP contribution in [0, 0.1) is 6.92 Å². The van der Waals surface area contributed by atoms with Gasteiger partial charge in [-0.25, -0.2) is 9.59 Å². The van der Waals surface area contributed by atoms with Gasteiger partial charge >= 0.3 is 11.9 Å². The average Bonchev–Trinajstić information content (AvgIpc) is 2.40. The van der Waals surface area contributed by atoms with Crippen LogP contribution in [-0.4, -0.2) is 33.4 Å². The van der Waals surface area contributed by atoms with E-state index >= 15 is 0 Å². The highest BCUT2D eigenvalue weighted by Gasteiger charge is 2.50. The third-order valence-electron chi connectivity index (χ3n) is 2.75. The molecule has 1 rings (SSSR count). The lowest BCUT2D eigenvalue weighted by Gasteiger charge is -2.32. The molecule has 0 amide bonds. The predicted molar refractivity (Wildman–Crippen MR) is 85.1 cm³/mol. The summed E-state index contributed by atoms with van der Waals surface area (Å²) in [7, 11) is 0. The highest BCUT2D eigenvalue weighted by molar-refractivity contribution is 6.02. The Morgan fingerprint density at radius 3 is 1.73 bits per heavy atom. The first-order valence-corrected chi connectivity index (χ1v) is 7.29. The average molecular weight is 310 g/mol. The maximum atomic E-state index is 11.5. The van der Waals surface area contributed by atoms with Gasteiger partial charge in [0.15, 0.2) is 0 Å². The Bertz CT molecular complexity index is 483. The molecule has 0 bridgehead atoms. The van der Waals surface area contributed by atoms with Crippen molar-refractivity contribution in [2.75, 3.05) is 0 Å². The predicted octanol–water partition coefficient (Wildman–Crippen LogP) is 3.29. The van der Waals surface area contributed by atoms with E-state index in [1.54, 1.807) is 45.0 Å². The fourth-order valence-electron chi connectivity index (χ4n) is 1.88. The summed E-state index contributed by atoms with van der Waals surface area (Å²) in [5.41, 5.74) is -1.55. The molecule has 1 aromatic rings. The van der Waals surface area contributed by atoms with Crippen LogP contribution in [-0.2, 0) is 20.7 Å². The second-order valence-electron chi connectivity index (χ2n) is 5.81. The van der Waals surface area contributed by atoms with Crippen molar-refractivity contribution in [2.45, 2.75) is 59.2 Å². The molecule has 0 aliphatic heterocycles. The van der Waals surface area contributed by atoms with Gasteiger partial charge in [0.05, 0.1) is 5.60 Å². The fraction of sp³-hybridized carbons (Fsp3) is 0.529. The van der Waals surface area contributed by atoms with Crippen LogP contribution in [0.25, 0.3) is 0 Å². The number of benzene rings is 1. The topological polar surface area (TPSA) is 83.8 Å². The molecule has 0 fully saturated rings. The molecule has 0 radical (unpaired) electrons. The van der Waals surface area contributed by atoms with Gasteiger partial charge in [-0.15, -0.1) is 0 Å². The number of carboxylic acids is 2. The molecular formula is C17H26O5. The van der Waals surface area contributed by atoms with Crippen LogP contribution in [0.4, 0.5) is 0 Å². The van der Waals surface area contributed by atoms with Crippen LogP contribution in [0.5, 0.6) is 0 Å². The molecule has 0 aromatic heterocycles. The van der Waals surface area contributed by atoms with E-state index in [0.717, 1.165) is 5.56 Å². The van der Waals surface area contributed by atoms with Gasteiger partial charge in [-0.1, -0.05) is 43.7 Å². The lowest BCUT2D eigenvalue weighted by Crippen LogP contribution is -2.54. The zero-order chi connectivity index (χ0) is 17.6. The van der Waals surface area contributed by atoms with E-state index in [-0.39, 0.29) is 6.42 Å². The number of aryl methyl sites for hydroxylation is 1. The van der Waals surface area contributed by atoms with E-state index < -0.39 is 23.1 Å². The Morgan fingerprint density at radius 1 is 1.00 bits per heavy atom. The van der Waals surface area contributed by atoms with Gasteiger partial charge in [0.1, 0.15) is 0 Å². The minimum absolute atomic E-state index is 0.227. The maximum Gasteiger partial charge on any atom is 0.348 e. The minimum atomic E-state index is -2.28. The smallest absolute Gasteiger partial charge is 0.348 e. The second kappa shape index (κ2) is 7.94. The Kier molecular flexibility index (Phi) is 7.26. The quantitative estimate of drug-likeness (QED) is 0.815. The molecule has 0 heterocycles. The van der Waals surface area contributed by atoms with E-state index in [2.05, 4.69) is 0 Å². The normalized spacial score (nSPS) is 11.4. The molecule has 1 aromatic carbocycles. The summed E-state index contributed by atoms with van der Waals surface area (Å²) >= 11 is 0. The van der Waals surface area contributed by atoms with Gasteiger partial charge in [-0.3, -0.25) is 0 Å². The van der Waals surface area contributed by atoms with Gasteiger partial charge in [0, 0.05) is 6.42 Å². The highest BCUT2D eigenvalue weighted by atomic mass is 16.6. The number of aliphatic carboxylic acids is 2. The van der Waals surface area contributed by atoms with Gasteiger partial charge in [-0.05, 0) is 33.3 Å². The van der Waals surface area contributed by atoms with Gasteiger partial charge in [0.25, 0.3) is 5.60 Å². The molecule has 2 N–H and O–H groups in total. The summed E-state index contributed by atoms with van der Waals surface area (Å²) in [4.78, 5) is 23.0. The number of ether oxygens (including phenoxy) is 1. The molecule has 0 atom stereocenters. The fourth-order valence-corrected chi connectivity index (χ4v) is 1.88. The van der Waals surface area contributed by atoms with Crippen molar-refractivity contribution in [1.29, 1.82) is 0 Å². The van der Waals surface area contributed by atoms with Crippen LogP contribution in [0.3, 0.4) is 0 Å². The molecule has 124 valence electrons. The van der Waals surface area contributed by atoms with Crippen molar-refractivity contribution in [1.82, 2.24) is 0 Å². The Labute approximate surface area is 131 Å². The SMILES string of the molecule is CC.Cc1ccc(CC(OC(C)(C)C)(C(=O)O)C(=O)O)cc1. The van der Waals surface area contributed by atoms with Gasteiger partial charge in [0.2, 0.25) is 0 Å². The first-order chi connectivity index (χ1) is 10.1. The van der Waals surface area contributed by atoms with E-state index in [1.165, 1.54) is 0 Å². The molecular weight excluding hydrogens is 284 g/mol. The van der Waals surface area contributed by atoms with E-state index in [9.17, 15) is 19.8 Å². The molecule has 5 heteroatoms. The lowest BCUT2D eigenvalue weighted by molar-refractivity contribution is -0.199. The van der Waals surface area contributed by atoms with E-state index in [0.29, 0.717) is 5.56 Å². The van der Waals surface area contributed by atoms with Crippen molar-refractivity contribution in [3.8, 4) is 0 Å². The number of carboxylic acid groups (broad SMARTS) is 2. The van der Waals surface area contributed by atoms with Crippen molar-refractivity contribution >= 4 is 11.9 Å².